The van der Waals surface area contributed by atoms with E-state index in [4.69, 9.17) is 9.97 Å². The van der Waals surface area contributed by atoms with Crippen LogP contribution in [0.1, 0.15) is 49.7 Å². The van der Waals surface area contributed by atoms with Gasteiger partial charge in [0, 0.05) is 35.2 Å². The summed E-state index contributed by atoms with van der Waals surface area (Å²) in [5.41, 5.74) is 6.77. The molecule has 3 aromatic rings. The molecule has 1 aromatic heterocycles. The van der Waals surface area contributed by atoms with Crippen molar-refractivity contribution in [3.63, 3.8) is 0 Å². The number of nitrogens with zero attached hydrogens (tertiary/aromatic N) is 3. The Labute approximate surface area is 172 Å². The van der Waals surface area contributed by atoms with Crippen LogP contribution >= 0.6 is 0 Å². The van der Waals surface area contributed by atoms with Gasteiger partial charge in [-0.15, -0.1) is 0 Å². The van der Waals surface area contributed by atoms with Crippen molar-refractivity contribution in [3.05, 3.63) is 65.7 Å². The maximum Gasteiger partial charge on any atom is 0.162 e. The van der Waals surface area contributed by atoms with E-state index in [0.717, 1.165) is 30.9 Å². The molecule has 0 radical (unpaired) electrons. The highest BCUT2D eigenvalue weighted by molar-refractivity contribution is 5.79. The van der Waals surface area contributed by atoms with E-state index in [-0.39, 0.29) is 5.41 Å². The minimum Gasteiger partial charge on any atom is -0.356 e. The van der Waals surface area contributed by atoms with Crippen molar-refractivity contribution in [3.8, 4) is 22.6 Å². The fourth-order valence-corrected chi connectivity index (χ4v) is 5.84. The highest BCUT2D eigenvalue weighted by Crippen LogP contribution is 2.54. The monoisotopic (exact) mass is 381 g/mol. The van der Waals surface area contributed by atoms with Crippen LogP contribution in [0.25, 0.3) is 22.6 Å². The van der Waals surface area contributed by atoms with Gasteiger partial charge in [0.2, 0.25) is 0 Å². The van der Waals surface area contributed by atoms with E-state index in [2.05, 4.69) is 59.5 Å². The van der Waals surface area contributed by atoms with Crippen LogP contribution in [0.4, 0.5) is 5.82 Å². The molecule has 6 rings (SSSR count). The fraction of sp³-hybridized carbons (Fsp3) is 0.385. The maximum absolute atomic E-state index is 5.24. The van der Waals surface area contributed by atoms with Crippen molar-refractivity contribution in [2.75, 3.05) is 18.0 Å². The molecule has 3 heteroatoms. The number of benzene rings is 2. The molecular formula is C26H27N3. The van der Waals surface area contributed by atoms with Gasteiger partial charge in [0.25, 0.3) is 0 Å². The van der Waals surface area contributed by atoms with Gasteiger partial charge in [-0.05, 0) is 37.7 Å². The minimum atomic E-state index is 0.219. The molecule has 2 aliphatic carbocycles. The second kappa shape index (κ2) is 6.69. The van der Waals surface area contributed by atoms with Crippen LogP contribution in [0, 0.1) is 0 Å². The lowest BCUT2D eigenvalue weighted by molar-refractivity contribution is 0.430. The molecule has 1 spiro atoms. The Morgan fingerprint density at radius 3 is 2.28 bits per heavy atom. The summed E-state index contributed by atoms with van der Waals surface area (Å²) >= 11 is 0. The second-order valence-corrected chi connectivity index (χ2v) is 8.98. The molecule has 1 saturated heterocycles. The predicted molar refractivity (Wildman–Crippen MR) is 118 cm³/mol. The van der Waals surface area contributed by atoms with E-state index in [9.17, 15) is 0 Å². The van der Waals surface area contributed by atoms with E-state index in [1.54, 1.807) is 0 Å². The predicted octanol–water partition coefficient (Wildman–Crippen LogP) is 5.78. The number of rotatable bonds is 2. The van der Waals surface area contributed by atoms with Gasteiger partial charge < -0.3 is 4.90 Å². The average molecular weight is 382 g/mol. The van der Waals surface area contributed by atoms with Crippen LogP contribution < -0.4 is 4.90 Å². The van der Waals surface area contributed by atoms with Crippen LogP contribution in [0.5, 0.6) is 0 Å². The van der Waals surface area contributed by atoms with Crippen molar-refractivity contribution in [2.45, 2.75) is 50.4 Å². The van der Waals surface area contributed by atoms with Gasteiger partial charge in [-0.25, -0.2) is 9.97 Å². The first kappa shape index (κ1) is 17.2. The van der Waals surface area contributed by atoms with E-state index < -0.39 is 0 Å². The third kappa shape index (κ3) is 2.71. The summed E-state index contributed by atoms with van der Waals surface area (Å²) in [5, 5.41) is 0. The molecule has 0 N–H and O–H groups in total. The number of hydrogen-bond acceptors (Lipinski definition) is 3. The van der Waals surface area contributed by atoms with Gasteiger partial charge in [0.1, 0.15) is 5.82 Å². The maximum atomic E-state index is 5.24. The minimum absolute atomic E-state index is 0.219. The van der Waals surface area contributed by atoms with Crippen LogP contribution in [0.3, 0.4) is 0 Å². The smallest absolute Gasteiger partial charge is 0.162 e. The van der Waals surface area contributed by atoms with E-state index in [1.807, 2.05) is 0 Å². The molecule has 29 heavy (non-hydrogen) atoms. The van der Waals surface area contributed by atoms with Crippen LogP contribution in [0.15, 0.2) is 54.6 Å². The summed E-state index contributed by atoms with van der Waals surface area (Å²) in [5.74, 6) is 2.10. The topological polar surface area (TPSA) is 29.0 Å². The first-order chi connectivity index (χ1) is 14.3. The van der Waals surface area contributed by atoms with Crippen molar-refractivity contribution in [2.24, 2.45) is 0 Å². The number of aromatic nitrogens is 2. The van der Waals surface area contributed by atoms with Gasteiger partial charge in [-0.2, -0.15) is 0 Å². The molecule has 0 atom stereocenters. The first-order valence-corrected chi connectivity index (χ1v) is 11.2. The molecule has 2 heterocycles. The Morgan fingerprint density at radius 2 is 1.48 bits per heavy atom. The molecule has 3 aliphatic rings. The van der Waals surface area contributed by atoms with Crippen LogP contribution in [-0.2, 0) is 11.8 Å². The molecule has 146 valence electrons. The normalized spacial score (nSPS) is 19.4. The largest absolute Gasteiger partial charge is 0.356 e. The molecule has 2 fully saturated rings. The Kier molecular flexibility index (Phi) is 3.97. The highest BCUT2D eigenvalue weighted by atomic mass is 15.2. The lowest BCUT2D eigenvalue weighted by Gasteiger charge is -2.39. The molecule has 0 bridgehead atoms. The number of fused-ring (bicyclic) bond motifs is 4. The molecule has 0 amide bonds. The highest BCUT2D eigenvalue weighted by Gasteiger charge is 2.45. The molecular weight excluding hydrogens is 354 g/mol. The van der Waals surface area contributed by atoms with E-state index >= 15 is 0 Å². The van der Waals surface area contributed by atoms with Crippen molar-refractivity contribution < 1.29 is 0 Å². The summed E-state index contributed by atoms with van der Waals surface area (Å²) in [7, 11) is 0. The second-order valence-electron chi connectivity index (χ2n) is 8.98. The zero-order valence-corrected chi connectivity index (χ0v) is 16.9. The Balaban J connectivity index is 1.66. The van der Waals surface area contributed by atoms with Gasteiger partial charge in [0.15, 0.2) is 5.82 Å². The zero-order valence-electron chi connectivity index (χ0n) is 16.9. The Bertz CT molecular complexity index is 1040. The molecule has 1 saturated carbocycles. The SMILES string of the molecule is c1ccc(-c2nc3c(c(N4CCCC4)n2)C2(CCCC2)Cc2ccccc2-3)cc1. The third-order valence-corrected chi connectivity index (χ3v) is 7.22. The lowest BCUT2D eigenvalue weighted by atomic mass is 9.68. The third-order valence-electron chi connectivity index (χ3n) is 7.22. The number of hydrogen-bond donors (Lipinski definition) is 0. The summed E-state index contributed by atoms with van der Waals surface area (Å²) in [6.45, 7) is 2.24. The van der Waals surface area contributed by atoms with Gasteiger partial charge in [0.05, 0.1) is 5.69 Å². The first-order valence-electron chi connectivity index (χ1n) is 11.2. The van der Waals surface area contributed by atoms with E-state index in [0.29, 0.717) is 0 Å². The van der Waals surface area contributed by atoms with Gasteiger partial charge >= 0.3 is 0 Å². The van der Waals surface area contributed by atoms with Crippen LogP contribution in [-0.4, -0.2) is 23.1 Å². The summed E-state index contributed by atoms with van der Waals surface area (Å²) < 4.78 is 0. The summed E-state index contributed by atoms with van der Waals surface area (Å²) in [6.07, 6.45) is 8.85. The average Bonchev–Trinajstić information content (AvgIpc) is 3.47. The molecule has 3 nitrogen and oxygen atoms in total. The van der Waals surface area contributed by atoms with Crippen molar-refractivity contribution in [1.29, 1.82) is 0 Å². The quantitative estimate of drug-likeness (QED) is 0.563. The summed E-state index contributed by atoms with van der Waals surface area (Å²) in [6, 6.07) is 19.4. The number of anilines is 1. The molecule has 2 aromatic carbocycles. The Morgan fingerprint density at radius 1 is 0.759 bits per heavy atom. The lowest BCUT2D eigenvalue weighted by Crippen LogP contribution is -2.34. The fourth-order valence-electron chi connectivity index (χ4n) is 5.84. The zero-order chi connectivity index (χ0) is 19.3. The Hall–Kier alpha value is -2.68. The molecule has 1 aliphatic heterocycles. The standard InChI is InChI=1S/C26H27N3/c1-2-10-19(11-3-1)24-27-23-21-13-5-4-12-20(21)18-26(14-6-7-15-26)22(23)25(28-24)29-16-8-9-17-29/h1-5,10-13H,6-9,14-18H2. The van der Waals surface area contributed by atoms with Crippen molar-refractivity contribution in [1.82, 2.24) is 9.97 Å². The van der Waals surface area contributed by atoms with Gasteiger partial charge in [-0.1, -0.05) is 67.4 Å². The van der Waals surface area contributed by atoms with Crippen LogP contribution in [0.2, 0.25) is 0 Å². The van der Waals surface area contributed by atoms with Gasteiger partial charge in [-0.3, -0.25) is 0 Å². The van der Waals surface area contributed by atoms with Crippen molar-refractivity contribution >= 4 is 5.82 Å². The summed E-state index contributed by atoms with van der Waals surface area (Å²) in [4.78, 5) is 13.0. The molecule has 0 unspecified atom stereocenters. The van der Waals surface area contributed by atoms with E-state index in [1.165, 1.54) is 66.7 Å².